The molecule has 8 heteroatoms. The van der Waals surface area contributed by atoms with Crippen molar-refractivity contribution in [1.29, 1.82) is 0 Å². The van der Waals surface area contributed by atoms with Gasteiger partial charge in [-0.25, -0.2) is 0 Å². The maximum atomic E-state index is 12.7. The first-order valence-electron chi connectivity index (χ1n) is 9.57. The van der Waals surface area contributed by atoms with Crippen LogP contribution in [0.15, 0.2) is 41.6 Å². The summed E-state index contributed by atoms with van der Waals surface area (Å²) in [6.07, 6.45) is 0. The van der Waals surface area contributed by atoms with Crippen molar-refractivity contribution in [3.05, 3.63) is 63.9 Å². The topological polar surface area (TPSA) is 69.0 Å². The van der Waals surface area contributed by atoms with Gasteiger partial charge >= 0.3 is 0 Å². The number of hydrogen-bond donors (Lipinski definition) is 1. The van der Waals surface area contributed by atoms with Crippen molar-refractivity contribution in [3.63, 3.8) is 0 Å². The van der Waals surface area contributed by atoms with E-state index in [-0.39, 0.29) is 17.8 Å². The van der Waals surface area contributed by atoms with Crippen LogP contribution in [0.5, 0.6) is 5.75 Å². The van der Waals surface area contributed by atoms with E-state index in [1.165, 1.54) is 17.3 Å². The number of carbonyl (C=O) groups excluding carboxylic acids is 1. The van der Waals surface area contributed by atoms with Crippen LogP contribution >= 0.6 is 23.4 Å². The van der Waals surface area contributed by atoms with Crippen molar-refractivity contribution < 1.29 is 9.53 Å². The van der Waals surface area contributed by atoms with E-state index in [0.717, 1.165) is 16.8 Å². The molecule has 0 saturated heterocycles. The number of para-hydroxylation sites is 1. The van der Waals surface area contributed by atoms with E-state index < -0.39 is 0 Å². The number of rotatable bonds is 7. The lowest BCUT2D eigenvalue weighted by Gasteiger charge is -2.16. The molecule has 3 rings (SSSR count). The summed E-state index contributed by atoms with van der Waals surface area (Å²) in [5.41, 5.74) is 4.15. The summed E-state index contributed by atoms with van der Waals surface area (Å²) in [4.78, 5) is 12.7. The third kappa shape index (κ3) is 5.15. The first-order chi connectivity index (χ1) is 14.3. The highest BCUT2D eigenvalue weighted by Gasteiger charge is 2.20. The molecule has 0 radical (unpaired) electrons. The first-order valence-corrected chi connectivity index (χ1v) is 10.8. The zero-order chi connectivity index (χ0) is 21.8. The molecule has 158 valence electrons. The van der Waals surface area contributed by atoms with Crippen LogP contribution in [0.1, 0.15) is 29.4 Å². The van der Waals surface area contributed by atoms with Gasteiger partial charge in [-0.2, -0.15) is 0 Å². The SMILES string of the molecule is Cc1cc(C)c(NC(=O)C(C)Sc2nnc(COc3ccccc3Cl)n2C)c(C)c1. The van der Waals surface area contributed by atoms with Gasteiger partial charge in [-0.1, -0.05) is 53.2 Å². The van der Waals surface area contributed by atoms with Crippen LogP contribution in [0.25, 0.3) is 0 Å². The number of nitrogens with one attached hydrogen (secondary N) is 1. The predicted molar refractivity (Wildman–Crippen MR) is 121 cm³/mol. The van der Waals surface area contributed by atoms with E-state index in [2.05, 4.69) is 27.6 Å². The number of anilines is 1. The Labute approximate surface area is 186 Å². The largest absolute Gasteiger partial charge is 0.484 e. The average molecular weight is 445 g/mol. The van der Waals surface area contributed by atoms with Crippen LogP contribution in [-0.2, 0) is 18.4 Å². The monoisotopic (exact) mass is 444 g/mol. The Balaban J connectivity index is 1.64. The summed E-state index contributed by atoms with van der Waals surface area (Å²) in [6.45, 7) is 8.14. The van der Waals surface area contributed by atoms with Gasteiger partial charge in [0.25, 0.3) is 0 Å². The van der Waals surface area contributed by atoms with Crippen molar-refractivity contribution in [2.45, 2.75) is 44.7 Å². The molecular formula is C22H25ClN4O2S. The zero-order valence-corrected chi connectivity index (χ0v) is 19.3. The molecule has 6 nitrogen and oxygen atoms in total. The molecule has 1 aromatic heterocycles. The van der Waals surface area contributed by atoms with Gasteiger partial charge in [0, 0.05) is 12.7 Å². The number of halogens is 1. The number of nitrogens with zero attached hydrogens (tertiary/aromatic N) is 3. The van der Waals surface area contributed by atoms with Crippen LogP contribution in [0.2, 0.25) is 5.02 Å². The molecule has 0 spiro atoms. The minimum Gasteiger partial charge on any atom is -0.484 e. The first kappa shape index (κ1) is 22.2. The van der Waals surface area contributed by atoms with Crippen LogP contribution in [0.4, 0.5) is 5.69 Å². The molecule has 2 aromatic carbocycles. The number of thioether (sulfide) groups is 1. The summed E-state index contributed by atoms with van der Waals surface area (Å²) in [7, 11) is 1.85. The minimum absolute atomic E-state index is 0.0769. The number of aryl methyl sites for hydroxylation is 3. The fraction of sp³-hybridized carbons (Fsp3) is 0.318. The van der Waals surface area contributed by atoms with Crippen molar-refractivity contribution in [2.75, 3.05) is 5.32 Å². The lowest BCUT2D eigenvalue weighted by atomic mass is 10.1. The van der Waals surface area contributed by atoms with Gasteiger partial charge < -0.3 is 14.6 Å². The molecule has 1 N–H and O–H groups in total. The van der Waals surface area contributed by atoms with Crippen molar-refractivity contribution in [1.82, 2.24) is 14.8 Å². The highest BCUT2D eigenvalue weighted by molar-refractivity contribution is 8.00. The van der Waals surface area contributed by atoms with E-state index in [4.69, 9.17) is 16.3 Å². The summed E-state index contributed by atoms with van der Waals surface area (Å²) in [5, 5.41) is 12.3. The summed E-state index contributed by atoms with van der Waals surface area (Å²) in [6, 6.07) is 11.4. The second-order valence-electron chi connectivity index (χ2n) is 7.20. The highest BCUT2D eigenvalue weighted by atomic mass is 35.5. The number of amides is 1. The fourth-order valence-electron chi connectivity index (χ4n) is 3.09. The molecule has 3 aromatic rings. The summed E-state index contributed by atoms with van der Waals surface area (Å²) < 4.78 is 7.57. The van der Waals surface area contributed by atoms with Crippen LogP contribution in [-0.4, -0.2) is 25.9 Å². The molecule has 1 unspecified atom stereocenters. The van der Waals surface area contributed by atoms with Gasteiger partial charge in [-0.3, -0.25) is 4.79 Å². The molecule has 1 amide bonds. The number of carbonyl (C=O) groups is 1. The maximum Gasteiger partial charge on any atom is 0.237 e. The van der Waals surface area contributed by atoms with Crippen LogP contribution in [0, 0.1) is 20.8 Å². The number of benzene rings is 2. The molecule has 0 aliphatic rings. The number of hydrogen-bond acceptors (Lipinski definition) is 5. The second-order valence-corrected chi connectivity index (χ2v) is 8.92. The van der Waals surface area contributed by atoms with Gasteiger partial charge in [0.15, 0.2) is 11.0 Å². The van der Waals surface area contributed by atoms with Crippen LogP contribution < -0.4 is 10.1 Å². The van der Waals surface area contributed by atoms with Crippen molar-refractivity contribution in [2.24, 2.45) is 7.05 Å². The van der Waals surface area contributed by atoms with E-state index in [0.29, 0.717) is 21.8 Å². The molecule has 0 aliphatic carbocycles. The Hall–Kier alpha value is -2.51. The quantitative estimate of drug-likeness (QED) is 0.514. The molecule has 1 heterocycles. The molecule has 0 aliphatic heterocycles. The van der Waals surface area contributed by atoms with E-state index >= 15 is 0 Å². The molecule has 0 fully saturated rings. The Morgan fingerprint density at radius 1 is 1.20 bits per heavy atom. The average Bonchev–Trinajstić information content (AvgIpc) is 3.03. The zero-order valence-electron chi connectivity index (χ0n) is 17.7. The molecular weight excluding hydrogens is 420 g/mol. The maximum absolute atomic E-state index is 12.7. The van der Waals surface area contributed by atoms with Gasteiger partial charge in [-0.05, 0) is 51.0 Å². The van der Waals surface area contributed by atoms with Gasteiger partial charge in [0.05, 0.1) is 10.3 Å². The molecule has 0 saturated carbocycles. The molecule has 30 heavy (non-hydrogen) atoms. The van der Waals surface area contributed by atoms with Crippen molar-refractivity contribution in [3.8, 4) is 5.75 Å². The summed E-state index contributed by atoms with van der Waals surface area (Å²) in [5.74, 6) is 1.16. The Kier molecular flexibility index (Phi) is 7.05. The Morgan fingerprint density at radius 3 is 2.53 bits per heavy atom. The van der Waals surface area contributed by atoms with E-state index in [9.17, 15) is 4.79 Å². The molecule has 1 atom stereocenters. The normalized spacial score (nSPS) is 11.9. The highest BCUT2D eigenvalue weighted by Crippen LogP contribution is 2.27. The van der Waals surface area contributed by atoms with Crippen LogP contribution in [0.3, 0.4) is 0 Å². The molecule has 0 bridgehead atoms. The van der Waals surface area contributed by atoms with E-state index in [1.54, 1.807) is 12.1 Å². The standard InChI is InChI=1S/C22H25ClN4O2S/c1-13-10-14(2)20(15(3)11-13)24-21(28)16(4)30-22-26-25-19(27(22)5)12-29-18-9-7-6-8-17(18)23/h6-11,16H,12H2,1-5H3,(H,24,28). The second kappa shape index (κ2) is 9.53. The Bertz CT molecular complexity index is 1040. The van der Waals surface area contributed by atoms with Gasteiger partial charge in [0.1, 0.15) is 12.4 Å². The smallest absolute Gasteiger partial charge is 0.237 e. The lowest BCUT2D eigenvalue weighted by Crippen LogP contribution is -2.24. The lowest BCUT2D eigenvalue weighted by molar-refractivity contribution is -0.115. The van der Waals surface area contributed by atoms with E-state index in [1.807, 2.05) is 51.4 Å². The summed E-state index contributed by atoms with van der Waals surface area (Å²) >= 11 is 7.47. The third-order valence-corrected chi connectivity index (χ3v) is 6.14. The number of aromatic nitrogens is 3. The van der Waals surface area contributed by atoms with Crippen molar-refractivity contribution >= 4 is 35.0 Å². The van der Waals surface area contributed by atoms with Gasteiger partial charge in [-0.15, -0.1) is 10.2 Å². The predicted octanol–water partition coefficient (Wildman–Crippen LogP) is 5.09. The number of ether oxygens (including phenoxy) is 1. The fourth-order valence-corrected chi connectivity index (χ4v) is 4.12. The van der Waals surface area contributed by atoms with Gasteiger partial charge in [0.2, 0.25) is 5.91 Å². The Morgan fingerprint density at radius 2 is 1.87 bits per heavy atom. The minimum atomic E-state index is -0.342. The third-order valence-electron chi connectivity index (χ3n) is 4.70.